The van der Waals surface area contributed by atoms with Crippen LogP contribution in [0.15, 0.2) is 24.3 Å². The monoisotopic (exact) mass is 252 g/mol. The molecule has 1 aromatic rings. The average molecular weight is 253 g/mol. The van der Waals surface area contributed by atoms with Gasteiger partial charge in [0.2, 0.25) is 9.05 Å². The number of hydrogen-bond acceptors (Lipinski definition) is 3. The van der Waals surface area contributed by atoms with Gasteiger partial charge in [-0.05, 0) is 12.1 Å². The summed E-state index contributed by atoms with van der Waals surface area (Å²) >= 11 is 5.69. The molecule has 0 saturated carbocycles. The molecule has 0 heterocycles. The number of carbonyl (C=O) groups is 1. The first-order chi connectivity index (χ1) is 6.40. The molecule has 0 unspecified atom stereocenters. The molecule has 0 bridgehead atoms. The maximum Gasteiger partial charge on any atom is 0.240 e. The van der Waals surface area contributed by atoms with Crippen LogP contribution in [0.25, 0.3) is 0 Å². The zero-order valence-corrected chi connectivity index (χ0v) is 9.23. The fraction of sp³-hybridized carbons (Fsp3) is 0.125. The lowest BCUT2D eigenvalue weighted by Crippen LogP contribution is -2.11. The quantitative estimate of drug-likeness (QED) is 0.612. The van der Waals surface area contributed by atoms with Crippen molar-refractivity contribution in [3.8, 4) is 0 Å². The lowest BCUT2D eigenvalue weighted by Gasteiger charge is -2.00. The van der Waals surface area contributed by atoms with E-state index in [0.717, 1.165) is 0 Å². The molecule has 0 aliphatic heterocycles. The van der Waals surface area contributed by atoms with Crippen molar-refractivity contribution in [1.29, 1.82) is 0 Å². The summed E-state index contributed by atoms with van der Waals surface area (Å²) in [7, 11) is 1.11. The predicted octanol–water partition coefficient (Wildman–Crippen LogP) is 2.09. The summed E-state index contributed by atoms with van der Waals surface area (Å²) in [6.45, 7) is 0. The smallest absolute Gasteiger partial charge is 0.240 e. The Hall–Kier alpha value is -0.580. The molecule has 0 saturated heterocycles. The fourth-order valence-electron chi connectivity index (χ4n) is 0.922. The summed E-state index contributed by atoms with van der Waals surface area (Å²) in [6, 6.07) is 6.21. The van der Waals surface area contributed by atoms with E-state index >= 15 is 0 Å². The molecule has 3 nitrogen and oxygen atoms in total. The zero-order valence-electron chi connectivity index (χ0n) is 6.91. The summed E-state index contributed by atoms with van der Waals surface area (Å²) in [5, 5.41) is 0.220. The van der Waals surface area contributed by atoms with Crippen LogP contribution in [-0.2, 0) is 9.05 Å². The van der Waals surface area contributed by atoms with Crippen LogP contribution in [0.2, 0.25) is 5.02 Å². The molecule has 0 fully saturated rings. The highest BCUT2D eigenvalue weighted by molar-refractivity contribution is 8.14. The Morgan fingerprint density at radius 1 is 1.29 bits per heavy atom. The lowest BCUT2D eigenvalue weighted by molar-refractivity contribution is 0.102. The third-order valence-electron chi connectivity index (χ3n) is 1.48. The second kappa shape index (κ2) is 4.29. The minimum absolute atomic E-state index is 0.165. The van der Waals surface area contributed by atoms with Gasteiger partial charge in [-0.2, -0.15) is 0 Å². The van der Waals surface area contributed by atoms with E-state index in [1.165, 1.54) is 12.1 Å². The predicted molar refractivity (Wildman–Crippen MR) is 55.4 cm³/mol. The molecule has 0 aliphatic carbocycles. The topological polar surface area (TPSA) is 51.2 Å². The second-order valence-corrected chi connectivity index (χ2v) is 5.77. The minimum Gasteiger partial charge on any atom is -0.293 e. The van der Waals surface area contributed by atoms with Gasteiger partial charge < -0.3 is 0 Å². The van der Waals surface area contributed by atoms with Crippen LogP contribution in [-0.4, -0.2) is 20.0 Å². The van der Waals surface area contributed by atoms with Gasteiger partial charge in [-0.25, -0.2) is 8.42 Å². The highest BCUT2D eigenvalue weighted by Crippen LogP contribution is 2.16. The van der Waals surface area contributed by atoms with Gasteiger partial charge in [-0.15, -0.1) is 0 Å². The van der Waals surface area contributed by atoms with Crippen molar-refractivity contribution >= 4 is 37.1 Å². The zero-order chi connectivity index (χ0) is 10.8. The van der Waals surface area contributed by atoms with E-state index in [2.05, 4.69) is 0 Å². The summed E-state index contributed by atoms with van der Waals surface area (Å²) in [5.74, 6) is -1.34. The Bertz CT molecular complexity index is 453. The van der Waals surface area contributed by atoms with Gasteiger partial charge in [0, 0.05) is 16.2 Å². The molecule has 1 rings (SSSR count). The van der Waals surface area contributed by atoms with Crippen molar-refractivity contribution in [2.45, 2.75) is 0 Å². The maximum atomic E-state index is 11.3. The molecular formula is C8H6Cl2O3S. The molecule has 6 heteroatoms. The SMILES string of the molecule is O=C(CS(=O)(=O)Cl)c1ccccc1Cl. The molecule has 0 atom stereocenters. The maximum absolute atomic E-state index is 11.3. The van der Waals surface area contributed by atoms with E-state index in [-0.39, 0.29) is 10.6 Å². The molecule has 0 aliphatic rings. The van der Waals surface area contributed by atoms with Gasteiger partial charge in [0.15, 0.2) is 5.78 Å². The molecule has 0 spiro atoms. The summed E-state index contributed by atoms with van der Waals surface area (Å²) in [6.07, 6.45) is 0. The molecule has 0 aromatic heterocycles. The molecule has 0 amide bonds. The van der Waals surface area contributed by atoms with Crippen LogP contribution in [0, 0.1) is 0 Å². The van der Waals surface area contributed by atoms with E-state index in [1.807, 2.05) is 0 Å². The third kappa shape index (κ3) is 3.29. The van der Waals surface area contributed by atoms with Gasteiger partial charge in [0.25, 0.3) is 0 Å². The van der Waals surface area contributed by atoms with Crippen LogP contribution in [0.5, 0.6) is 0 Å². The molecule has 14 heavy (non-hydrogen) atoms. The first kappa shape index (κ1) is 11.5. The highest BCUT2D eigenvalue weighted by atomic mass is 35.7. The van der Waals surface area contributed by atoms with E-state index < -0.39 is 20.6 Å². The number of carbonyl (C=O) groups excluding carboxylic acids is 1. The van der Waals surface area contributed by atoms with E-state index in [1.54, 1.807) is 12.1 Å². The summed E-state index contributed by atoms with van der Waals surface area (Å²) < 4.78 is 21.3. The van der Waals surface area contributed by atoms with Gasteiger partial charge in [0.1, 0.15) is 5.75 Å². The fourth-order valence-corrected chi connectivity index (χ4v) is 1.93. The van der Waals surface area contributed by atoms with Crippen molar-refractivity contribution in [3.63, 3.8) is 0 Å². The Morgan fingerprint density at radius 2 is 1.86 bits per heavy atom. The number of benzene rings is 1. The Morgan fingerprint density at radius 3 is 2.36 bits per heavy atom. The van der Waals surface area contributed by atoms with Crippen LogP contribution in [0.3, 0.4) is 0 Å². The van der Waals surface area contributed by atoms with Gasteiger partial charge >= 0.3 is 0 Å². The van der Waals surface area contributed by atoms with Crippen LogP contribution < -0.4 is 0 Å². The molecule has 0 radical (unpaired) electrons. The van der Waals surface area contributed by atoms with Gasteiger partial charge in [-0.1, -0.05) is 23.7 Å². The van der Waals surface area contributed by atoms with Crippen molar-refractivity contribution in [2.75, 3.05) is 5.75 Å². The minimum atomic E-state index is -3.82. The highest BCUT2D eigenvalue weighted by Gasteiger charge is 2.16. The molecular weight excluding hydrogens is 247 g/mol. The van der Waals surface area contributed by atoms with E-state index in [4.69, 9.17) is 22.3 Å². The Kier molecular flexibility index (Phi) is 3.53. The Balaban J connectivity index is 2.97. The molecule has 76 valence electrons. The molecule has 0 N–H and O–H groups in total. The summed E-state index contributed by atoms with van der Waals surface area (Å²) in [4.78, 5) is 11.3. The first-order valence-corrected chi connectivity index (χ1v) is 6.46. The van der Waals surface area contributed by atoms with Crippen molar-refractivity contribution in [2.24, 2.45) is 0 Å². The number of ketones is 1. The van der Waals surface area contributed by atoms with E-state index in [9.17, 15) is 13.2 Å². The number of halogens is 2. The van der Waals surface area contributed by atoms with Gasteiger partial charge in [-0.3, -0.25) is 4.79 Å². The van der Waals surface area contributed by atoms with E-state index in [0.29, 0.717) is 0 Å². The number of rotatable bonds is 3. The van der Waals surface area contributed by atoms with Gasteiger partial charge in [0.05, 0.1) is 5.02 Å². The van der Waals surface area contributed by atoms with Crippen molar-refractivity contribution in [3.05, 3.63) is 34.9 Å². The standard InChI is InChI=1S/C8H6Cl2O3S/c9-7-4-2-1-3-6(7)8(11)5-14(10,12)13/h1-4H,5H2. The second-order valence-electron chi connectivity index (χ2n) is 2.59. The molecule has 1 aromatic carbocycles. The van der Waals surface area contributed by atoms with Crippen LogP contribution >= 0.6 is 22.3 Å². The van der Waals surface area contributed by atoms with Crippen LogP contribution in [0.4, 0.5) is 0 Å². The largest absolute Gasteiger partial charge is 0.293 e. The summed E-state index contributed by atoms with van der Waals surface area (Å²) in [5.41, 5.74) is 0.165. The Labute approximate surface area is 91.1 Å². The van der Waals surface area contributed by atoms with Crippen molar-refractivity contribution < 1.29 is 13.2 Å². The average Bonchev–Trinajstić information content (AvgIpc) is 2.01. The van der Waals surface area contributed by atoms with Crippen molar-refractivity contribution in [1.82, 2.24) is 0 Å². The number of hydrogen-bond donors (Lipinski definition) is 0. The normalized spacial score (nSPS) is 11.3. The first-order valence-electron chi connectivity index (χ1n) is 3.60. The third-order valence-corrected chi connectivity index (χ3v) is 2.74. The number of Topliss-reactive ketones (excluding diaryl/α,β-unsaturated/α-hetero) is 1. The van der Waals surface area contributed by atoms with Crippen LogP contribution in [0.1, 0.15) is 10.4 Å². The lowest BCUT2D eigenvalue weighted by atomic mass is 10.1.